The van der Waals surface area contributed by atoms with Crippen LogP contribution >= 0.6 is 0 Å². The van der Waals surface area contributed by atoms with Gasteiger partial charge in [0.15, 0.2) is 0 Å². The zero-order valence-corrected chi connectivity index (χ0v) is 21.7. The summed E-state index contributed by atoms with van der Waals surface area (Å²) in [5.41, 5.74) is -0.998. The molecule has 3 amide bonds. The van der Waals surface area contributed by atoms with Crippen molar-refractivity contribution in [2.24, 2.45) is 17.8 Å². The third kappa shape index (κ3) is 4.43. The summed E-state index contributed by atoms with van der Waals surface area (Å²) < 4.78 is 12.0. The smallest absolute Gasteiger partial charge is 0.245 e. The molecule has 202 valence electrons. The summed E-state index contributed by atoms with van der Waals surface area (Å²) in [6, 6.07) is 8.72. The third-order valence-electron chi connectivity index (χ3n) is 8.83. The number of nitrogens with one attached hydrogen (secondary N) is 2. The van der Waals surface area contributed by atoms with Gasteiger partial charge in [0.1, 0.15) is 11.6 Å². The number of morpholine rings is 1. The number of amides is 3. The molecule has 4 heterocycles. The Balaban J connectivity index is 1.36. The quantitative estimate of drug-likeness (QED) is 0.416. The van der Waals surface area contributed by atoms with Gasteiger partial charge in [0, 0.05) is 39.3 Å². The molecule has 0 saturated carbocycles. The fourth-order valence-electron chi connectivity index (χ4n) is 6.94. The molecule has 3 unspecified atom stereocenters. The van der Waals surface area contributed by atoms with Crippen LogP contribution < -0.4 is 10.6 Å². The van der Waals surface area contributed by atoms with Crippen LogP contribution in [-0.2, 0) is 30.4 Å². The van der Waals surface area contributed by atoms with Crippen LogP contribution in [-0.4, -0.2) is 102 Å². The van der Waals surface area contributed by atoms with Crippen molar-refractivity contribution in [3.63, 3.8) is 0 Å². The Bertz CT molecular complexity index is 1020. The van der Waals surface area contributed by atoms with Gasteiger partial charge in [-0.3, -0.25) is 19.3 Å². The van der Waals surface area contributed by atoms with E-state index in [0.29, 0.717) is 39.3 Å². The number of fused-ring (bicyclic) bond motifs is 1. The topological polar surface area (TPSA) is 120 Å². The summed E-state index contributed by atoms with van der Waals surface area (Å²) in [7, 11) is 0. The second-order valence-electron chi connectivity index (χ2n) is 10.9. The molecule has 37 heavy (non-hydrogen) atoms. The molecule has 0 aromatic heterocycles. The highest BCUT2D eigenvalue weighted by Crippen LogP contribution is 2.65. The highest BCUT2D eigenvalue weighted by Gasteiger charge is 2.79. The lowest BCUT2D eigenvalue weighted by molar-refractivity contribution is -0.148. The van der Waals surface area contributed by atoms with Crippen LogP contribution in [0.5, 0.6) is 0 Å². The van der Waals surface area contributed by atoms with Gasteiger partial charge in [-0.1, -0.05) is 37.3 Å². The Morgan fingerprint density at radius 3 is 2.54 bits per heavy atom. The van der Waals surface area contributed by atoms with Gasteiger partial charge in [-0.05, 0) is 24.8 Å². The van der Waals surface area contributed by atoms with Crippen molar-refractivity contribution in [1.82, 2.24) is 20.4 Å². The molecule has 4 saturated heterocycles. The van der Waals surface area contributed by atoms with Gasteiger partial charge < -0.3 is 30.1 Å². The third-order valence-corrected chi connectivity index (χ3v) is 8.83. The normalized spacial score (nSPS) is 35.0. The molecule has 4 fully saturated rings. The summed E-state index contributed by atoms with van der Waals surface area (Å²) in [5.74, 6) is -2.35. The van der Waals surface area contributed by atoms with E-state index in [1.54, 1.807) is 0 Å². The molecule has 6 atom stereocenters. The first kappa shape index (κ1) is 26.1. The van der Waals surface area contributed by atoms with Crippen molar-refractivity contribution >= 4 is 17.7 Å². The summed E-state index contributed by atoms with van der Waals surface area (Å²) in [6.45, 7) is 8.13. The van der Waals surface area contributed by atoms with Gasteiger partial charge in [-0.2, -0.15) is 0 Å². The first-order chi connectivity index (χ1) is 17.8. The van der Waals surface area contributed by atoms with Crippen LogP contribution in [0.4, 0.5) is 0 Å². The monoisotopic (exact) mass is 514 g/mol. The minimum Gasteiger partial charge on any atom is -0.395 e. The molecule has 5 rings (SSSR count). The number of aliphatic hydroxyl groups excluding tert-OH is 1. The van der Waals surface area contributed by atoms with Crippen LogP contribution in [0.15, 0.2) is 30.3 Å². The molecule has 4 aliphatic rings. The first-order valence-electron chi connectivity index (χ1n) is 13.3. The van der Waals surface area contributed by atoms with Crippen LogP contribution in [0, 0.1) is 17.8 Å². The number of β-amino-alcohol motifs (C(OH)–C–C–N with tert-alkyl or cyclic N) is 1. The van der Waals surface area contributed by atoms with Gasteiger partial charge >= 0.3 is 0 Å². The van der Waals surface area contributed by atoms with E-state index in [1.165, 1.54) is 4.90 Å². The second-order valence-corrected chi connectivity index (χ2v) is 10.9. The number of carbonyl (C=O) groups is 3. The number of ether oxygens (including phenoxy) is 2. The predicted molar refractivity (Wildman–Crippen MR) is 134 cm³/mol. The maximum atomic E-state index is 13.8. The number of likely N-dealkylation sites (tertiary alicyclic amines) is 1. The average Bonchev–Trinajstić information content (AvgIpc) is 3.41. The molecule has 10 nitrogen and oxygen atoms in total. The Morgan fingerprint density at radius 1 is 1.11 bits per heavy atom. The fraction of sp³-hybridized carbons (Fsp3) is 0.667. The van der Waals surface area contributed by atoms with Gasteiger partial charge in [0.2, 0.25) is 17.7 Å². The standard InChI is InChI=1S/C27H38N4O6/c1-18-16-27-21(20(26(18,2)37-27)23(33)29-17-19-6-4-3-5-7-19)25(35)31(10-13-32)22(27)24(34)28-8-9-30-11-14-36-15-12-30/h3-7,18,20-22,32H,8-17H2,1-2H3,(H,28,34)(H,29,33)/t18?,20-,21-,22?,26+,27?/m0/s1. The van der Waals surface area contributed by atoms with Crippen molar-refractivity contribution in [3.8, 4) is 0 Å². The first-order valence-corrected chi connectivity index (χ1v) is 13.3. The molecule has 10 heteroatoms. The number of nitrogens with zero attached hydrogens (tertiary/aromatic N) is 2. The predicted octanol–water partition coefficient (Wildman–Crippen LogP) is -0.246. The van der Waals surface area contributed by atoms with Crippen molar-refractivity contribution in [2.75, 3.05) is 52.5 Å². The zero-order valence-electron chi connectivity index (χ0n) is 21.7. The number of hydrogen-bond acceptors (Lipinski definition) is 7. The Morgan fingerprint density at radius 2 is 1.84 bits per heavy atom. The number of carbonyl (C=O) groups excluding carboxylic acids is 3. The number of hydrogen-bond donors (Lipinski definition) is 3. The summed E-state index contributed by atoms with van der Waals surface area (Å²) in [5, 5.41) is 15.8. The second kappa shape index (κ2) is 10.3. The van der Waals surface area contributed by atoms with Crippen LogP contribution in [0.2, 0.25) is 0 Å². The van der Waals surface area contributed by atoms with Crippen LogP contribution in [0.3, 0.4) is 0 Å². The van der Waals surface area contributed by atoms with E-state index in [0.717, 1.165) is 18.7 Å². The molecule has 1 aromatic carbocycles. The highest BCUT2D eigenvalue weighted by atomic mass is 16.5. The van der Waals surface area contributed by atoms with Crippen molar-refractivity contribution in [1.29, 1.82) is 0 Å². The molecule has 1 spiro atoms. The lowest BCUT2D eigenvalue weighted by Crippen LogP contribution is -2.56. The fourth-order valence-corrected chi connectivity index (χ4v) is 6.94. The van der Waals surface area contributed by atoms with E-state index in [9.17, 15) is 19.5 Å². The largest absolute Gasteiger partial charge is 0.395 e. The minimum absolute atomic E-state index is 0.0193. The van der Waals surface area contributed by atoms with Gasteiger partial charge in [-0.15, -0.1) is 0 Å². The molecule has 4 aliphatic heterocycles. The highest BCUT2D eigenvalue weighted by molar-refractivity contribution is 5.99. The molecule has 0 aliphatic carbocycles. The Kier molecular flexibility index (Phi) is 7.28. The van der Waals surface area contributed by atoms with E-state index >= 15 is 0 Å². The summed E-state index contributed by atoms with van der Waals surface area (Å²) >= 11 is 0. The van der Waals surface area contributed by atoms with Gasteiger partial charge in [0.05, 0.1) is 37.3 Å². The maximum absolute atomic E-state index is 13.8. The number of aliphatic hydroxyl groups is 1. The SMILES string of the molecule is CC1CC23O[C@@]1(C)[C@H](C(=O)NCc1ccccc1)[C@H]2C(=O)N(CCO)C3C(=O)NCCN1CCOCC1. The van der Waals surface area contributed by atoms with Gasteiger partial charge in [0.25, 0.3) is 0 Å². The number of rotatable bonds is 9. The molecule has 1 aromatic rings. The van der Waals surface area contributed by atoms with Crippen LogP contribution in [0.1, 0.15) is 25.8 Å². The molecular weight excluding hydrogens is 476 g/mol. The molecule has 3 N–H and O–H groups in total. The molecule has 2 bridgehead atoms. The van der Waals surface area contributed by atoms with E-state index in [4.69, 9.17) is 9.47 Å². The average molecular weight is 515 g/mol. The number of benzene rings is 1. The van der Waals surface area contributed by atoms with Crippen molar-refractivity contribution in [3.05, 3.63) is 35.9 Å². The summed E-state index contributed by atoms with van der Waals surface area (Å²) in [4.78, 5) is 44.7. The van der Waals surface area contributed by atoms with E-state index in [2.05, 4.69) is 15.5 Å². The lowest BCUT2D eigenvalue weighted by Gasteiger charge is -2.36. The van der Waals surface area contributed by atoms with E-state index < -0.39 is 29.1 Å². The van der Waals surface area contributed by atoms with Crippen molar-refractivity contribution in [2.45, 2.75) is 44.1 Å². The minimum atomic E-state index is -1.10. The van der Waals surface area contributed by atoms with Crippen LogP contribution in [0.25, 0.3) is 0 Å². The zero-order chi connectivity index (χ0) is 26.2. The maximum Gasteiger partial charge on any atom is 0.245 e. The molecular formula is C27H38N4O6. The Labute approximate surface area is 217 Å². The molecule has 0 radical (unpaired) electrons. The summed E-state index contributed by atoms with van der Waals surface area (Å²) in [6.07, 6.45) is 0.506. The Hall–Kier alpha value is -2.53. The van der Waals surface area contributed by atoms with E-state index in [-0.39, 0.29) is 36.8 Å². The van der Waals surface area contributed by atoms with E-state index in [1.807, 2.05) is 44.2 Å². The van der Waals surface area contributed by atoms with Gasteiger partial charge in [-0.25, -0.2) is 0 Å². The lowest BCUT2D eigenvalue weighted by atomic mass is 9.62. The van der Waals surface area contributed by atoms with Crippen molar-refractivity contribution < 1.29 is 29.0 Å².